The van der Waals surface area contributed by atoms with E-state index in [1.807, 2.05) is 35.7 Å². The summed E-state index contributed by atoms with van der Waals surface area (Å²) in [5.74, 6) is -0.0508. The van der Waals surface area contributed by atoms with Gasteiger partial charge in [0.15, 0.2) is 0 Å². The van der Waals surface area contributed by atoms with E-state index in [1.165, 1.54) is 0 Å². The van der Waals surface area contributed by atoms with Crippen LogP contribution in [0.2, 0.25) is 0 Å². The lowest BCUT2D eigenvalue weighted by Crippen LogP contribution is -2.25. The van der Waals surface area contributed by atoms with Crippen molar-refractivity contribution in [2.24, 2.45) is 0 Å². The second-order valence-corrected chi connectivity index (χ2v) is 5.61. The second kappa shape index (κ2) is 6.95. The van der Waals surface area contributed by atoms with Gasteiger partial charge in [0.2, 0.25) is 0 Å². The van der Waals surface area contributed by atoms with Gasteiger partial charge >= 0.3 is 0 Å². The summed E-state index contributed by atoms with van der Waals surface area (Å²) in [5.41, 5.74) is 2.74. The third kappa shape index (κ3) is 3.56. The number of thiazole rings is 1. The lowest BCUT2D eigenvalue weighted by atomic mass is 10.2. The number of hydrogen-bond acceptors (Lipinski definition) is 4. The molecule has 0 radical (unpaired) electrons. The van der Waals surface area contributed by atoms with Crippen LogP contribution in [0.4, 0.5) is 0 Å². The first-order chi connectivity index (χ1) is 10.8. The largest absolute Gasteiger partial charge is 0.352 e. The molecule has 5 heteroatoms. The van der Waals surface area contributed by atoms with E-state index in [2.05, 4.69) is 15.3 Å². The molecule has 0 atom stereocenters. The van der Waals surface area contributed by atoms with Crippen LogP contribution < -0.4 is 5.32 Å². The smallest absolute Gasteiger partial charge is 0.251 e. The summed E-state index contributed by atoms with van der Waals surface area (Å²) in [6.07, 6.45) is 4.24. The Balaban J connectivity index is 1.55. The van der Waals surface area contributed by atoms with Crippen LogP contribution in [0.25, 0.3) is 10.6 Å². The summed E-state index contributed by atoms with van der Waals surface area (Å²) in [7, 11) is 0. The molecule has 1 aromatic carbocycles. The van der Waals surface area contributed by atoms with E-state index in [9.17, 15) is 4.79 Å². The minimum atomic E-state index is -0.0508. The number of carbonyl (C=O) groups is 1. The number of rotatable bonds is 5. The zero-order valence-corrected chi connectivity index (χ0v) is 12.7. The molecular formula is C17H15N3OS. The molecular weight excluding hydrogens is 294 g/mol. The summed E-state index contributed by atoms with van der Waals surface area (Å²) in [4.78, 5) is 20.5. The molecule has 0 unspecified atom stereocenters. The highest BCUT2D eigenvalue weighted by Crippen LogP contribution is 2.22. The lowest BCUT2D eigenvalue weighted by Gasteiger charge is -2.03. The van der Waals surface area contributed by atoms with Gasteiger partial charge in [-0.25, -0.2) is 4.98 Å². The average Bonchev–Trinajstić information content (AvgIpc) is 3.05. The van der Waals surface area contributed by atoms with Crippen molar-refractivity contribution in [1.29, 1.82) is 0 Å². The molecule has 0 saturated heterocycles. The standard InChI is InChI=1S/C17H15N3OS/c21-16(13-4-2-1-3-5-13)19-11-8-15-12-22-17(20-15)14-6-9-18-10-7-14/h1-7,9-10,12H,8,11H2,(H,19,21). The van der Waals surface area contributed by atoms with Crippen molar-refractivity contribution in [2.45, 2.75) is 6.42 Å². The molecule has 0 spiro atoms. The van der Waals surface area contributed by atoms with Crippen LogP contribution in [0, 0.1) is 0 Å². The molecule has 2 aromatic heterocycles. The van der Waals surface area contributed by atoms with Crippen molar-refractivity contribution in [1.82, 2.24) is 15.3 Å². The fourth-order valence-corrected chi connectivity index (χ4v) is 2.90. The summed E-state index contributed by atoms with van der Waals surface area (Å²) in [6, 6.07) is 13.1. The number of nitrogens with one attached hydrogen (secondary N) is 1. The van der Waals surface area contributed by atoms with Crippen LogP contribution in [-0.2, 0) is 6.42 Å². The topological polar surface area (TPSA) is 54.9 Å². The van der Waals surface area contributed by atoms with Gasteiger partial charge in [-0.1, -0.05) is 18.2 Å². The number of amides is 1. The zero-order chi connectivity index (χ0) is 15.2. The van der Waals surface area contributed by atoms with Crippen molar-refractivity contribution < 1.29 is 4.79 Å². The highest BCUT2D eigenvalue weighted by atomic mass is 32.1. The van der Waals surface area contributed by atoms with Crippen LogP contribution in [-0.4, -0.2) is 22.4 Å². The highest BCUT2D eigenvalue weighted by Gasteiger charge is 2.06. The van der Waals surface area contributed by atoms with Gasteiger partial charge in [-0.05, 0) is 24.3 Å². The van der Waals surface area contributed by atoms with Crippen molar-refractivity contribution in [3.05, 3.63) is 71.5 Å². The van der Waals surface area contributed by atoms with Gasteiger partial charge in [-0.3, -0.25) is 9.78 Å². The molecule has 0 aliphatic heterocycles. The van der Waals surface area contributed by atoms with E-state index >= 15 is 0 Å². The van der Waals surface area contributed by atoms with Gasteiger partial charge in [0.1, 0.15) is 5.01 Å². The molecule has 22 heavy (non-hydrogen) atoms. The number of hydrogen-bond donors (Lipinski definition) is 1. The number of nitrogens with zero attached hydrogens (tertiary/aromatic N) is 2. The molecule has 3 rings (SSSR count). The zero-order valence-electron chi connectivity index (χ0n) is 11.9. The molecule has 2 heterocycles. The Bertz CT molecular complexity index is 741. The summed E-state index contributed by atoms with van der Waals surface area (Å²) in [5, 5.41) is 5.92. The maximum Gasteiger partial charge on any atom is 0.251 e. The summed E-state index contributed by atoms with van der Waals surface area (Å²) in [6.45, 7) is 0.577. The Hall–Kier alpha value is -2.53. The monoisotopic (exact) mass is 309 g/mol. The normalized spacial score (nSPS) is 10.4. The van der Waals surface area contributed by atoms with Gasteiger partial charge in [-0.15, -0.1) is 11.3 Å². The number of pyridine rings is 1. The second-order valence-electron chi connectivity index (χ2n) is 4.75. The number of carbonyl (C=O) groups excluding carboxylic acids is 1. The number of benzene rings is 1. The van der Waals surface area contributed by atoms with Crippen LogP contribution in [0.1, 0.15) is 16.1 Å². The van der Waals surface area contributed by atoms with E-state index in [-0.39, 0.29) is 5.91 Å². The molecule has 110 valence electrons. The van der Waals surface area contributed by atoms with E-state index < -0.39 is 0 Å². The van der Waals surface area contributed by atoms with Crippen LogP contribution in [0.15, 0.2) is 60.2 Å². The molecule has 0 fully saturated rings. The molecule has 0 saturated carbocycles. The minimum absolute atomic E-state index is 0.0508. The fraction of sp³-hybridized carbons (Fsp3) is 0.118. The van der Waals surface area contributed by atoms with Crippen molar-refractivity contribution in [2.75, 3.05) is 6.54 Å². The molecule has 0 aliphatic carbocycles. The predicted molar refractivity (Wildman–Crippen MR) is 87.8 cm³/mol. The Morgan fingerprint density at radius 2 is 1.86 bits per heavy atom. The van der Waals surface area contributed by atoms with Gasteiger partial charge in [0.25, 0.3) is 5.91 Å². The van der Waals surface area contributed by atoms with E-state index in [4.69, 9.17) is 0 Å². The van der Waals surface area contributed by atoms with E-state index in [0.29, 0.717) is 12.1 Å². The molecule has 0 bridgehead atoms. The molecule has 4 nitrogen and oxygen atoms in total. The maximum absolute atomic E-state index is 11.9. The van der Waals surface area contributed by atoms with Crippen LogP contribution in [0.3, 0.4) is 0 Å². The van der Waals surface area contributed by atoms with E-state index in [0.717, 1.165) is 22.7 Å². The Morgan fingerprint density at radius 1 is 1.09 bits per heavy atom. The summed E-state index contributed by atoms with van der Waals surface area (Å²) < 4.78 is 0. The third-order valence-corrected chi connectivity index (χ3v) is 4.12. The van der Waals surface area contributed by atoms with Gasteiger partial charge < -0.3 is 5.32 Å². The number of aromatic nitrogens is 2. The fourth-order valence-electron chi connectivity index (χ4n) is 2.04. The first-order valence-corrected chi connectivity index (χ1v) is 7.89. The molecule has 3 aromatic rings. The molecule has 1 amide bonds. The Labute approximate surface area is 132 Å². The maximum atomic E-state index is 11.9. The first kappa shape index (κ1) is 14.4. The van der Waals surface area contributed by atoms with Gasteiger partial charge in [0, 0.05) is 41.9 Å². The van der Waals surface area contributed by atoms with Gasteiger partial charge in [0.05, 0.1) is 5.69 Å². The van der Waals surface area contributed by atoms with Crippen LogP contribution in [0.5, 0.6) is 0 Å². The third-order valence-electron chi connectivity index (χ3n) is 3.18. The Morgan fingerprint density at radius 3 is 2.64 bits per heavy atom. The molecule has 0 aliphatic rings. The molecule has 1 N–H and O–H groups in total. The van der Waals surface area contributed by atoms with Crippen molar-refractivity contribution in [3.8, 4) is 10.6 Å². The predicted octanol–water partition coefficient (Wildman–Crippen LogP) is 3.18. The quantitative estimate of drug-likeness (QED) is 0.787. The SMILES string of the molecule is O=C(NCCc1csc(-c2ccncc2)n1)c1ccccc1. The Kier molecular flexibility index (Phi) is 4.56. The van der Waals surface area contributed by atoms with E-state index in [1.54, 1.807) is 35.9 Å². The lowest BCUT2D eigenvalue weighted by molar-refractivity contribution is 0.0954. The highest BCUT2D eigenvalue weighted by molar-refractivity contribution is 7.13. The van der Waals surface area contributed by atoms with Crippen LogP contribution >= 0.6 is 11.3 Å². The van der Waals surface area contributed by atoms with Crippen molar-refractivity contribution >= 4 is 17.2 Å². The minimum Gasteiger partial charge on any atom is -0.352 e. The summed E-state index contributed by atoms with van der Waals surface area (Å²) >= 11 is 1.61. The van der Waals surface area contributed by atoms with Gasteiger partial charge in [-0.2, -0.15) is 0 Å². The first-order valence-electron chi connectivity index (χ1n) is 7.01. The average molecular weight is 309 g/mol. The van der Waals surface area contributed by atoms with Crippen molar-refractivity contribution in [3.63, 3.8) is 0 Å².